The van der Waals surface area contributed by atoms with Crippen LogP contribution >= 0.6 is 0 Å². The number of hydrogen-bond donors (Lipinski definition) is 1. The molecule has 1 saturated heterocycles. The first-order valence-corrected chi connectivity index (χ1v) is 4.19. The molecule has 2 nitrogen and oxygen atoms in total. The summed E-state index contributed by atoms with van der Waals surface area (Å²) in [6.45, 7) is 4.92. The Morgan fingerprint density at radius 3 is 2.90 bits per heavy atom. The molecule has 1 rings (SSSR count). The lowest BCUT2D eigenvalue weighted by atomic mass is 10.2. The molecule has 1 aliphatic rings. The summed E-state index contributed by atoms with van der Waals surface area (Å²) in [5.74, 6) is 0. The topological polar surface area (TPSA) is 23.5 Å². The minimum Gasteiger partial charge on any atom is -0.396 e. The van der Waals surface area contributed by atoms with E-state index >= 15 is 0 Å². The molecule has 0 radical (unpaired) electrons. The molecule has 0 aromatic carbocycles. The van der Waals surface area contributed by atoms with Gasteiger partial charge in [-0.1, -0.05) is 0 Å². The molecule has 1 unspecified atom stereocenters. The van der Waals surface area contributed by atoms with Gasteiger partial charge in [0.25, 0.3) is 0 Å². The van der Waals surface area contributed by atoms with Gasteiger partial charge >= 0.3 is 0 Å². The molecule has 0 bridgehead atoms. The van der Waals surface area contributed by atoms with Crippen molar-refractivity contribution in [3.05, 3.63) is 0 Å². The standard InChI is InChI=1S/C8H17NO/c1-8-4-2-5-9(8)6-3-7-10/h8,10H,2-7H2,1H3. The van der Waals surface area contributed by atoms with Gasteiger partial charge in [0.05, 0.1) is 0 Å². The van der Waals surface area contributed by atoms with E-state index in [0.29, 0.717) is 6.61 Å². The Kier molecular flexibility index (Phi) is 3.16. The van der Waals surface area contributed by atoms with Crippen LogP contribution in [0.15, 0.2) is 0 Å². The Balaban J connectivity index is 2.14. The molecule has 1 heterocycles. The van der Waals surface area contributed by atoms with Gasteiger partial charge in [0.1, 0.15) is 0 Å². The monoisotopic (exact) mass is 143 g/mol. The summed E-state index contributed by atoms with van der Waals surface area (Å²) in [7, 11) is 0. The van der Waals surface area contributed by atoms with Gasteiger partial charge in [-0.15, -0.1) is 0 Å². The van der Waals surface area contributed by atoms with E-state index in [0.717, 1.165) is 19.0 Å². The molecule has 1 atom stereocenters. The van der Waals surface area contributed by atoms with Gasteiger partial charge in [-0.05, 0) is 32.7 Å². The van der Waals surface area contributed by atoms with E-state index in [9.17, 15) is 0 Å². The first-order chi connectivity index (χ1) is 4.84. The van der Waals surface area contributed by atoms with Gasteiger partial charge in [0.15, 0.2) is 0 Å². The van der Waals surface area contributed by atoms with Gasteiger partial charge in [-0.3, -0.25) is 0 Å². The van der Waals surface area contributed by atoms with Crippen LogP contribution in [0.4, 0.5) is 0 Å². The highest BCUT2D eigenvalue weighted by atomic mass is 16.3. The lowest BCUT2D eigenvalue weighted by Crippen LogP contribution is -2.28. The molecular formula is C8H17NO. The van der Waals surface area contributed by atoms with Crippen molar-refractivity contribution >= 4 is 0 Å². The number of rotatable bonds is 3. The Bertz CT molecular complexity index is 95.3. The molecule has 0 saturated carbocycles. The highest BCUT2D eigenvalue weighted by Crippen LogP contribution is 2.15. The lowest BCUT2D eigenvalue weighted by Gasteiger charge is -2.19. The highest BCUT2D eigenvalue weighted by molar-refractivity contribution is 4.74. The van der Waals surface area contributed by atoms with Crippen LogP contribution in [0.5, 0.6) is 0 Å². The Morgan fingerprint density at radius 2 is 2.40 bits per heavy atom. The summed E-state index contributed by atoms with van der Waals surface area (Å²) < 4.78 is 0. The largest absolute Gasteiger partial charge is 0.396 e. The predicted octanol–water partition coefficient (Wildman–Crippen LogP) is 0.853. The second kappa shape index (κ2) is 3.94. The van der Waals surface area contributed by atoms with E-state index in [2.05, 4.69) is 11.8 Å². The second-order valence-electron chi connectivity index (χ2n) is 3.10. The van der Waals surface area contributed by atoms with Crippen LogP contribution in [0.25, 0.3) is 0 Å². The zero-order chi connectivity index (χ0) is 7.40. The van der Waals surface area contributed by atoms with Crippen LogP contribution in [-0.4, -0.2) is 35.7 Å². The van der Waals surface area contributed by atoms with Crippen LogP contribution in [0, 0.1) is 0 Å². The van der Waals surface area contributed by atoms with Crippen LogP contribution in [0.1, 0.15) is 26.2 Å². The van der Waals surface area contributed by atoms with E-state index in [1.807, 2.05) is 0 Å². The fraction of sp³-hybridized carbons (Fsp3) is 1.00. The van der Waals surface area contributed by atoms with Gasteiger partial charge in [-0.2, -0.15) is 0 Å². The molecule has 2 heteroatoms. The van der Waals surface area contributed by atoms with Crippen molar-refractivity contribution in [1.82, 2.24) is 4.90 Å². The zero-order valence-corrected chi connectivity index (χ0v) is 6.71. The Morgan fingerprint density at radius 1 is 1.60 bits per heavy atom. The maximum absolute atomic E-state index is 8.59. The first kappa shape index (κ1) is 8.02. The quantitative estimate of drug-likeness (QED) is 0.633. The van der Waals surface area contributed by atoms with Gasteiger partial charge in [-0.25, -0.2) is 0 Å². The number of hydrogen-bond acceptors (Lipinski definition) is 2. The van der Waals surface area contributed by atoms with Crippen molar-refractivity contribution in [3.8, 4) is 0 Å². The molecule has 1 N–H and O–H groups in total. The van der Waals surface area contributed by atoms with Gasteiger partial charge in [0.2, 0.25) is 0 Å². The summed E-state index contributed by atoms with van der Waals surface area (Å²) in [5.41, 5.74) is 0. The fourth-order valence-electron chi connectivity index (χ4n) is 1.60. The van der Waals surface area contributed by atoms with Gasteiger partial charge < -0.3 is 10.0 Å². The Hall–Kier alpha value is -0.0800. The minimum atomic E-state index is 0.337. The number of aliphatic hydroxyl groups excluding tert-OH is 1. The van der Waals surface area contributed by atoms with Crippen molar-refractivity contribution in [1.29, 1.82) is 0 Å². The molecule has 0 aromatic rings. The van der Waals surface area contributed by atoms with E-state index in [-0.39, 0.29) is 0 Å². The van der Waals surface area contributed by atoms with E-state index in [4.69, 9.17) is 5.11 Å². The van der Waals surface area contributed by atoms with Crippen LogP contribution < -0.4 is 0 Å². The lowest BCUT2D eigenvalue weighted by molar-refractivity contribution is 0.220. The van der Waals surface area contributed by atoms with E-state index in [1.165, 1.54) is 19.4 Å². The summed E-state index contributed by atoms with van der Waals surface area (Å²) in [5, 5.41) is 8.59. The molecule has 10 heavy (non-hydrogen) atoms. The van der Waals surface area contributed by atoms with E-state index in [1.54, 1.807) is 0 Å². The fourth-order valence-corrected chi connectivity index (χ4v) is 1.60. The third kappa shape index (κ3) is 1.96. The van der Waals surface area contributed by atoms with Crippen LogP contribution in [-0.2, 0) is 0 Å². The predicted molar refractivity (Wildman–Crippen MR) is 42.0 cm³/mol. The van der Waals surface area contributed by atoms with E-state index < -0.39 is 0 Å². The summed E-state index contributed by atoms with van der Waals surface area (Å²) >= 11 is 0. The van der Waals surface area contributed by atoms with Crippen LogP contribution in [0.3, 0.4) is 0 Å². The smallest absolute Gasteiger partial charge is 0.0443 e. The normalized spacial score (nSPS) is 27.6. The zero-order valence-electron chi connectivity index (χ0n) is 6.71. The first-order valence-electron chi connectivity index (χ1n) is 4.19. The Labute approximate surface area is 62.8 Å². The molecule has 0 aromatic heterocycles. The average molecular weight is 143 g/mol. The summed E-state index contributed by atoms with van der Waals surface area (Å²) in [6.07, 6.45) is 3.61. The average Bonchev–Trinajstić information content (AvgIpc) is 2.31. The third-order valence-electron chi connectivity index (χ3n) is 2.29. The van der Waals surface area contributed by atoms with Crippen molar-refractivity contribution in [3.63, 3.8) is 0 Å². The molecular weight excluding hydrogens is 126 g/mol. The SMILES string of the molecule is CC1CCCN1CCCO. The maximum atomic E-state index is 8.59. The summed E-state index contributed by atoms with van der Waals surface area (Å²) in [4.78, 5) is 2.45. The summed E-state index contributed by atoms with van der Waals surface area (Å²) in [6, 6.07) is 0.756. The van der Waals surface area contributed by atoms with Crippen molar-refractivity contribution < 1.29 is 5.11 Å². The van der Waals surface area contributed by atoms with Gasteiger partial charge in [0, 0.05) is 19.2 Å². The number of likely N-dealkylation sites (tertiary alicyclic amines) is 1. The molecule has 0 aliphatic carbocycles. The second-order valence-corrected chi connectivity index (χ2v) is 3.10. The molecule has 1 aliphatic heterocycles. The molecule has 0 spiro atoms. The number of nitrogens with zero attached hydrogens (tertiary/aromatic N) is 1. The van der Waals surface area contributed by atoms with Crippen molar-refractivity contribution in [2.75, 3.05) is 19.7 Å². The number of aliphatic hydroxyl groups is 1. The minimum absolute atomic E-state index is 0.337. The molecule has 60 valence electrons. The maximum Gasteiger partial charge on any atom is 0.0443 e. The third-order valence-corrected chi connectivity index (χ3v) is 2.29. The van der Waals surface area contributed by atoms with Crippen molar-refractivity contribution in [2.24, 2.45) is 0 Å². The highest BCUT2D eigenvalue weighted by Gasteiger charge is 2.18. The van der Waals surface area contributed by atoms with Crippen molar-refractivity contribution in [2.45, 2.75) is 32.2 Å². The molecule has 0 amide bonds. The van der Waals surface area contributed by atoms with Crippen LogP contribution in [0.2, 0.25) is 0 Å². The molecule has 1 fully saturated rings.